The summed E-state index contributed by atoms with van der Waals surface area (Å²) in [5.41, 5.74) is 1.06. The molecule has 0 spiro atoms. The molecule has 0 saturated carbocycles. The van der Waals surface area contributed by atoms with Gasteiger partial charge in [-0.1, -0.05) is 5.16 Å². The summed E-state index contributed by atoms with van der Waals surface area (Å²) in [5, 5.41) is 8.12. The van der Waals surface area contributed by atoms with Crippen molar-refractivity contribution in [1.82, 2.24) is 24.8 Å². The molecular weight excluding hydrogens is 270 g/mol. The van der Waals surface area contributed by atoms with Gasteiger partial charge in [0.15, 0.2) is 5.82 Å². The molecule has 1 saturated heterocycles. The van der Waals surface area contributed by atoms with Gasteiger partial charge in [0, 0.05) is 25.2 Å². The summed E-state index contributed by atoms with van der Waals surface area (Å²) < 4.78 is 6.51. The van der Waals surface area contributed by atoms with Crippen LogP contribution in [0.15, 0.2) is 23.3 Å². The number of aromatic nitrogens is 4. The molecule has 3 heterocycles. The highest BCUT2D eigenvalue weighted by Crippen LogP contribution is 2.26. The van der Waals surface area contributed by atoms with Crippen molar-refractivity contribution in [3.63, 3.8) is 0 Å². The van der Waals surface area contributed by atoms with Gasteiger partial charge in [-0.05, 0) is 32.3 Å². The minimum Gasteiger partial charge on any atom is -0.343 e. The largest absolute Gasteiger partial charge is 0.343 e. The smallest absolute Gasteiger partial charge is 0.247 e. The first kappa shape index (κ1) is 13.8. The van der Waals surface area contributed by atoms with Gasteiger partial charge in [0.05, 0.1) is 6.20 Å². The van der Waals surface area contributed by atoms with Crippen molar-refractivity contribution in [1.29, 1.82) is 0 Å². The van der Waals surface area contributed by atoms with Gasteiger partial charge in [-0.15, -0.1) is 0 Å². The van der Waals surface area contributed by atoms with E-state index in [2.05, 4.69) is 15.2 Å². The van der Waals surface area contributed by atoms with Gasteiger partial charge in [-0.25, -0.2) is 0 Å². The fourth-order valence-corrected chi connectivity index (χ4v) is 2.74. The van der Waals surface area contributed by atoms with E-state index in [1.807, 2.05) is 24.9 Å². The highest BCUT2D eigenvalue weighted by molar-refractivity contribution is 5.80. The molecule has 2 aromatic rings. The van der Waals surface area contributed by atoms with Crippen LogP contribution >= 0.6 is 0 Å². The molecule has 0 aliphatic carbocycles. The van der Waals surface area contributed by atoms with Crippen LogP contribution in [0.5, 0.6) is 0 Å². The predicted octanol–water partition coefficient (Wildman–Crippen LogP) is 1.54. The van der Waals surface area contributed by atoms with E-state index in [-0.39, 0.29) is 17.9 Å². The molecule has 0 bridgehead atoms. The number of carbonyl (C=O) groups is 1. The van der Waals surface area contributed by atoms with Crippen molar-refractivity contribution in [2.24, 2.45) is 0 Å². The molecule has 1 fully saturated rings. The average molecular weight is 289 g/mol. The van der Waals surface area contributed by atoms with E-state index in [4.69, 9.17) is 4.52 Å². The highest BCUT2D eigenvalue weighted by Gasteiger charge is 2.29. The van der Waals surface area contributed by atoms with Crippen LogP contribution in [0.4, 0.5) is 0 Å². The quantitative estimate of drug-likeness (QED) is 0.856. The molecule has 1 amide bonds. The molecule has 3 rings (SSSR count). The van der Waals surface area contributed by atoms with Crippen LogP contribution in [0.1, 0.15) is 43.1 Å². The van der Waals surface area contributed by atoms with Crippen LogP contribution in [-0.2, 0) is 4.79 Å². The average Bonchev–Trinajstić information content (AvgIpc) is 3.17. The topological polar surface area (TPSA) is 77.0 Å². The number of carbonyl (C=O) groups excluding carboxylic acids is 1. The molecular formula is C14H19N5O2. The SMILES string of the molecule is Cc1cnn([C@H](C)C(=O)N2CCC(c3ncon3)CC2)c1. The molecule has 0 radical (unpaired) electrons. The number of likely N-dealkylation sites (tertiary alicyclic amines) is 1. The number of piperidine rings is 1. The van der Waals surface area contributed by atoms with Crippen molar-refractivity contribution >= 4 is 5.91 Å². The molecule has 0 aromatic carbocycles. The summed E-state index contributed by atoms with van der Waals surface area (Å²) in [6.45, 7) is 5.31. The fraction of sp³-hybridized carbons (Fsp3) is 0.571. The Hall–Kier alpha value is -2.18. The summed E-state index contributed by atoms with van der Waals surface area (Å²) in [6.07, 6.45) is 6.77. The Labute approximate surface area is 122 Å². The first-order valence-electron chi connectivity index (χ1n) is 7.21. The van der Waals surface area contributed by atoms with Crippen LogP contribution in [0.2, 0.25) is 0 Å². The van der Waals surface area contributed by atoms with E-state index < -0.39 is 0 Å². The third-order valence-corrected chi connectivity index (χ3v) is 4.03. The Morgan fingerprint density at radius 3 is 2.76 bits per heavy atom. The van der Waals surface area contributed by atoms with E-state index in [1.165, 1.54) is 6.39 Å². The minimum atomic E-state index is -0.263. The van der Waals surface area contributed by atoms with Crippen molar-refractivity contribution in [2.45, 2.75) is 38.6 Å². The van der Waals surface area contributed by atoms with Crippen molar-refractivity contribution in [2.75, 3.05) is 13.1 Å². The van der Waals surface area contributed by atoms with Crippen LogP contribution in [-0.4, -0.2) is 43.8 Å². The summed E-state index contributed by atoms with van der Waals surface area (Å²) in [6, 6.07) is -0.263. The maximum atomic E-state index is 12.5. The van der Waals surface area contributed by atoms with Gasteiger partial charge in [0.2, 0.25) is 12.3 Å². The van der Waals surface area contributed by atoms with E-state index in [1.54, 1.807) is 10.9 Å². The summed E-state index contributed by atoms with van der Waals surface area (Å²) >= 11 is 0. The normalized spacial score (nSPS) is 17.9. The zero-order chi connectivity index (χ0) is 14.8. The Kier molecular flexibility index (Phi) is 3.72. The number of hydrogen-bond acceptors (Lipinski definition) is 5. The number of rotatable bonds is 3. The molecule has 0 unspecified atom stereocenters. The lowest BCUT2D eigenvalue weighted by molar-refractivity contribution is -0.135. The van der Waals surface area contributed by atoms with Crippen LogP contribution in [0.25, 0.3) is 0 Å². The number of amides is 1. The van der Waals surface area contributed by atoms with Gasteiger partial charge in [-0.2, -0.15) is 10.1 Å². The third-order valence-electron chi connectivity index (χ3n) is 4.03. The van der Waals surface area contributed by atoms with Gasteiger partial charge in [0.1, 0.15) is 6.04 Å². The van der Waals surface area contributed by atoms with E-state index in [0.29, 0.717) is 0 Å². The van der Waals surface area contributed by atoms with Crippen LogP contribution < -0.4 is 0 Å². The Balaban J connectivity index is 1.60. The zero-order valence-corrected chi connectivity index (χ0v) is 12.3. The van der Waals surface area contributed by atoms with Gasteiger partial charge in [-0.3, -0.25) is 9.48 Å². The molecule has 112 valence electrons. The Morgan fingerprint density at radius 2 is 2.19 bits per heavy atom. The summed E-state index contributed by atoms with van der Waals surface area (Å²) in [7, 11) is 0. The van der Waals surface area contributed by atoms with Gasteiger partial charge in [0.25, 0.3) is 0 Å². The van der Waals surface area contributed by atoms with Crippen LogP contribution in [0, 0.1) is 6.92 Å². The third kappa shape index (κ3) is 2.81. The monoisotopic (exact) mass is 289 g/mol. The predicted molar refractivity (Wildman–Crippen MR) is 74.5 cm³/mol. The lowest BCUT2D eigenvalue weighted by Crippen LogP contribution is -2.41. The summed E-state index contributed by atoms with van der Waals surface area (Å²) in [5.74, 6) is 1.15. The maximum Gasteiger partial charge on any atom is 0.247 e. The van der Waals surface area contributed by atoms with Crippen molar-refractivity contribution in [3.8, 4) is 0 Å². The molecule has 0 N–H and O–H groups in total. The molecule has 1 aliphatic rings. The second-order valence-corrected chi connectivity index (χ2v) is 5.56. The Bertz CT molecular complexity index is 599. The van der Waals surface area contributed by atoms with E-state index >= 15 is 0 Å². The number of hydrogen-bond donors (Lipinski definition) is 0. The molecule has 7 heteroatoms. The van der Waals surface area contributed by atoms with E-state index in [0.717, 1.165) is 37.3 Å². The second-order valence-electron chi connectivity index (χ2n) is 5.56. The minimum absolute atomic E-state index is 0.115. The van der Waals surface area contributed by atoms with Crippen LogP contribution in [0.3, 0.4) is 0 Å². The first-order chi connectivity index (χ1) is 10.1. The number of aryl methyl sites for hydroxylation is 1. The maximum absolute atomic E-state index is 12.5. The van der Waals surface area contributed by atoms with Gasteiger partial charge >= 0.3 is 0 Å². The standard InChI is InChI=1S/C14H19N5O2/c1-10-7-16-19(8-10)11(2)14(20)18-5-3-12(4-6-18)13-15-9-21-17-13/h7-9,11-12H,3-6H2,1-2H3/t11-/m1/s1. The Morgan fingerprint density at radius 1 is 1.43 bits per heavy atom. The fourth-order valence-electron chi connectivity index (χ4n) is 2.74. The van der Waals surface area contributed by atoms with Gasteiger partial charge < -0.3 is 9.42 Å². The van der Waals surface area contributed by atoms with Crippen molar-refractivity contribution < 1.29 is 9.32 Å². The molecule has 2 aromatic heterocycles. The first-order valence-corrected chi connectivity index (χ1v) is 7.21. The molecule has 21 heavy (non-hydrogen) atoms. The lowest BCUT2D eigenvalue weighted by Gasteiger charge is -2.32. The zero-order valence-electron chi connectivity index (χ0n) is 12.3. The summed E-state index contributed by atoms with van der Waals surface area (Å²) in [4.78, 5) is 18.5. The van der Waals surface area contributed by atoms with Crippen molar-refractivity contribution in [3.05, 3.63) is 30.2 Å². The molecule has 1 atom stereocenters. The second kappa shape index (κ2) is 5.67. The van der Waals surface area contributed by atoms with E-state index in [9.17, 15) is 4.79 Å². The molecule has 7 nitrogen and oxygen atoms in total. The molecule has 1 aliphatic heterocycles. The lowest BCUT2D eigenvalue weighted by atomic mass is 9.96. The number of nitrogens with zero attached hydrogens (tertiary/aromatic N) is 5. The highest BCUT2D eigenvalue weighted by atomic mass is 16.5.